The normalized spacial score (nSPS) is 21.4. The van der Waals surface area contributed by atoms with Gasteiger partial charge in [0.25, 0.3) is 5.91 Å². The molecular weight excluding hydrogens is 344 g/mol. The SMILES string of the molecule is COc1cc2c(cc1CNC(=O)c1ccn(C3CCCNC3)n1)OC(C)C2. The number of fused-ring (bicyclic) bond motifs is 1. The number of amides is 1. The van der Waals surface area contributed by atoms with Crippen LogP contribution in [0.4, 0.5) is 0 Å². The molecule has 0 bridgehead atoms. The summed E-state index contributed by atoms with van der Waals surface area (Å²) in [6.07, 6.45) is 5.15. The molecule has 1 aromatic carbocycles. The predicted molar refractivity (Wildman–Crippen MR) is 101 cm³/mol. The maximum Gasteiger partial charge on any atom is 0.272 e. The quantitative estimate of drug-likeness (QED) is 0.843. The summed E-state index contributed by atoms with van der Waals surface area (Å²) in [6, 6.07) is 6.06. The van der Waals surface area contributed by atoms with Crippen molar-refractivity contribution in [2.45, 2.75) is 44.9 Å². The number of benzene rings is 1. The van der Waals surface area contributed by atoms with E-state index in [4.69, 9.17) is 9.47 Å². The van der Waals surface area contributed by atoms with E-state index >= 15 is 0 Å². The van der Waals surface area contributed by atoms with E-state index in [9.17, 15) is 4.79 Å². The lowest BCUT2D eigenvalue weighted by Gasteiger charge is -2.22. The van der Waals surface area contributed by atoms with Crippen molar-refractivity contribution in [3.63, 3.8) is 0 Å². The third-order valence-corrected chi connectivity index (χ3v) is 5.22. The van der Waals surface area contributed by atoms with Gasteiger partial charge in [0.2, 0.25) is 0 Å². The summed E-state index contributed by atoms with van der Waals surface area (Å²) in [5.41, 5.74) is 2.48. The van der Waals surface area contributed by atoms with E-state index in [0.29, 0.717) is 18.3 Å². The molecule has 2 atom stereocenters. The number of nitrogens with zero attached hydrogens (tertiary/aromatic N) is 2. The first kappa shape index (κ1) is 17.9. The van der Waals surface area contributed by atoms with Gasteiger partial charge in [0.05, 0.1) is 13.2 Å². The summed E-state index contributed by atoms with van der Waals surface area (Å²) in [4.78, 5) is 12.5. The zero-order valence-electron chi connectivity index (χ0n) is 15.8. The van der Waals surface area contributed by atoms with Crippen LogP contribution >= 0.6 is 0 Å². The minimum absolute atomic E-state index is 0.174. The van der Waals surface area contributed by atoms with Crippen molar-refractivity contribution in [2.24, 2.45) is 0 Å². The van der Waals surface area contributed by atoms with E-state index in [-0.39, 0.29) is 12.0 Å². The third kappa shape index (κ3) is 3.78. The van der Waals surface area contributed by atoms with Crippen LogP contribution in [0.3, 0.4) is 0 Å². The second kappa shape index (κ2) is 7.60. The van der Waals surface area contributed by atoms with Crippen molar-refractivity contribution in [3.05, 3.63) is 41.2 Å². The third-order valence-electron chi connectivity index (χ3n) is 5.22. The first-order valence-corrected chi connectivity index (χ1v) is 9.54. The minimum Gasteiger partial charge on any atom is -0.496 e. The number of carbonyl (C=O) groups excluding carboxylic acids is 1. The van der Waals surface area contributed by atoms with Crippen molar-refractivity contribution in [2.75, 3.05) is 20.2 Å². The average Bonchev–Trinajstić information content (AvgIpc) is 3.31. The first-order valence-electron chi connectivity index (χ1n) is 9.54. The fourth-order valence-electron chi connectivity index (χ4n) is 3.80. The Morgan fingerprint density at radius 3 is 3.15 bits per heavy atom. The topological polar surface area (TPSA) is 77.4 Å². The van der Waals surface area contributed by atoms with E-state index in [1.165, 1.54) is 0 Å². The molecule has 2 aliphatic heterocycles. The summed E-state index contributed by atoms with van der Waals surface area (Å²) < 4.78 is 13.2. The molecule has 4 rings (SSSR count). The Balaban J connectivity index is 1.42. The highest BCUT2D eigenvalue weighted by atomic mass is 16.5. The fraction of sp³-hybridized carbons (Fsp3) is 0.500. The number of methoxy groups -OCH3 is 1. The molecule has 7 nitrogen and oxygen atoms in total. The fourth-order valence-corrected chi connectivity index (χ4v) is 3.80. The molecule has 0 aliphatic carbocycles. The molecule has 2 aromatic rings. The Kier molecular flexibility index (Phi) is 5.03. The average molecular weight is 370 g/mol. The van der Waals surface area contributed by atoms with Gasteiger partial charge in [-0.25, -0.2) is 0 Å². The van der Waals surface area contributed by atoms with Crippen LogP contribution < -0.4 is 20.1 Å². The summed E-state index contributed by atoms with van der Waals surface area (Å²) in [5.74, 6) is 1.46. The molecule has 27 heavy (non-hydrogen) atoms. The molecular formula is C20H26N4O3. The number of ether oxygens (including phenoxy) is 2. The highest BCUT2D eigenvalue weighted by Crippen LogP contribution is 2.34. The number of piperidine rings is 1. The van der Waals surface area contributed by atoms with Crippen molar-refractivity contribution in [3.8, 4) is 11.5 Å². The summed E-state index contributed by atoms with van der Waals surface area (Å²) >= 11 is 0. The first-order chi connectivity index (χ1) is 13.1. The van der Waals surface area contributed by atoms with Crippen molar-refractivity contribution < 1.29 is 14.3 Å². The van der Waals surface area contributed by atoms with Gasteiger partial charge in [-0.3, -0.25) is 9.48 Å². The summed E-state index contributed by atoms with van der Waals surface area (Å²) in [6.45, 7) is 4.36. The van der Waals surface area contributed by atoms with Gasteiger partial charge >= 0.3 is 0 Å². The number of hydrogen-bond acceptors (Lipinski definition) is 5. The number of aromatic nitrogens is 2. The summed E-state index contributed by atoms with van der Waals surface area (Å²) in [7, 11) is 1.65. The van der Waals surface area contributed by atoms with E-state index in [0.717, 1.165) is 55.0 Å². The molecule has 2 unspecified atom stereocenters. The summed E-state index contributed by atoms with van der Waals surface area (Å²) in [5, 5.41) is 10.8. The van der Waals surface area contributed by atoms with Gasteiger partial charge in [-0.2, -0.15) is 5.10 Å². The zero-order chi connectivity index (χ0) is 18.8. The molecule has 2 aliphatic rings. The van der Waals surface area contributed by atoms with Gasteiger partial charge in [-0.15, -0.1) is 0 Å². The van der Waals surface area contributed by atoms with Gasteiger partial charge in [-0.05, 0) is 44.5 Å². The molecule has 1 amide bonds. The van der Waals surface area contributed by atoms with Crippen LogP contribution in [0.2, 0.25) is 0 Å². The molecule has 0 saturated carbocycles. The van der Waals surface area contributed by atoms with Crippen LogP contribution in [0.5, 0.6) is 11.5 Å². The van der Waals surface area contributed by atoms with Crippen LogP contribution in [0.25, 0.3) is 0 Å². The predicted octanol–water partition coefficient (Wildman–Crippen LogP) is 2.07. The largest absolute Gasteiger partial charge is 0.496 e. The lowest BCUT2D eigenvalue weighted by atomic mass is 10.1. The van der Waals surface area contributed by atoms with E-state index in [2.05, 4.69) is 15.7 Å². The maximum atomic E-state index is 12.5. The van der Waals surface area contributed by atoms with Gasteiger partial charge < -0.3 is 20.1 Å². The standard InChI is InChI=1S/C20H26N4O3/c1-13-8-14-9-18(26-2)15(10-19(14)27-13)11-22-20(25)17-5-7-24(23-17)16-4-3-6-21-12-16/h5,7,9-10,13,16,21H,3-4,6,8,11-12H2,1-2H3,(H,22,25). The Bertz CT molecular complexity index is 827. The Hall–Kier alpha value is -2.54. The van der Waals surface area contributed by atoms with Crippen molar-refractivity contribution in [1.29, 1.82) is 0 Å². The Labute approximate surface area is 159 Å². The van der Waals surface area contributed by atoms with E-state index in [1.807, 2.05) is 29.9 Å². The van der Waals surface area contributed by atoms with Crippen molar-refractivity contribution >= 4 is 5.91 Å². The Morgan fingerprint density at radius 1 is 1.48 bits per heavy atom. The van der Waals surface area contributed by atoms with Gasteiger partial charge in [-0.1, -0.05) is 0 Å². The van der Waals surface area contributed by atoms with Crippen LogP contribution in [0.15, 0.2) is 24.4 Å². The number of hydrogen-bond donors (Lipinski definition) is 2. The number of rotatable bonds is 5. The van der Waals surface area contributed by atoms with Crippen LogP contribution in [-0.4, -0.2) is 42.0 Å². The highest BCUT2D eigenvalue weighted by Gasteiger charge is 2.22. The lowest BCUT2D eigenvalue weighted by Crippen LogP contribution is -2.32. The van der Waals surface area contributed by atoms with Crippen LogP contribution in [0.1, 0.15) is 47.4 Å². The van der Waals surface area contributed by atoms with Crippen molar-refractivity contribution in [1.82, 2.24) is 20.4 Å². The van der Waals surface area contributed by atoms with Gasteiger partial charge in [0.1, 0.15) is 23.3 Å². The molecule has 0 spiro atoms. The molecule has 0 radical (unpaired) electrons. The lowest BCUT2D eigenvalue weighted by molar-refractivity contribution is 0.0944. The monoisotopic (exact) mass is 370 g/mol. The van der Waals surface area contributed by atoms with Gasteiger partial charge in [0.15, 0.2) is 0 Å². The van der Waals surface area contributed by atoms with E-state index in [1.54, 1.807) is 13.2 Å². The second-order valence-electron chi connectivity index (χ2n) is 7.27. The van der Waals surface area contributed by atoms with Crippen LogP contribution in [0, 0.1) is 0 Å². The molecule has 1 saturated heterocycles. The maximum absolute atomic E-state index is 12.5. The van der Waals surface area contributed by atoms with Gasteiger partial charge in [0, 0.05) is 36.8 Å². The van der Waals surface area contributed by atoms with E-state index < -0.39 is 0 Å². The highest BCUT2D eigenvalue weighted by molar-refractivity contribution is 5.92. The molecule has 1 aromatic heterocycles. The molecule has 144 valence electrons. The zero-order valence-corrected chi connectivity index (χ0v) is 15.8. The minimum atomic E-state index is -0.186. The number of nitrogens with one attached hydrogen (secondary N) is 2. The van der Waals surface area contributed by atoms with Crippen LogP contribution in [-0.2, 0) is 13.0 Å². The molecule has 2 N–H and O–H groups in total. The Morgan fingerprint density at radius 2 is 2.37 bits per heavy atom. The molecule has 1 fully saturated rings. The number of carbonyl (C=O) groups is 1. The molecule has 3 heterocycles. The smallest absolute Gasteiger partial charge is 0.272 e. The second-order valence-corrected chi connectivity index (χ2v) is 7.27. The molecule has 7 heteroatoms.